The topological polar surface area (TPSA) is 51.2 Å². The van der Waals surface area contributed by atoms with Crippen LogP contribution in [-0.2, 0) is 13.1 Å². The maximum Gasteiger partial charge on any atom is 0.117 e. The number of aryl methyl sites for hydroxylation is 1. The first-order valence-electron chi connectivity index (χ1n) is 4.77. The van der Waals surface area contributed by atoms with Gasteiger partial charge in [0.1, 0.15) is 5.75 Å². The molecule has 0 spiro atoms. The monoisotopic (exact) mass is 190 g/mol. The molecule has 0 amide bonds. The van der Waals surface area contributed by atoms with Crippen molar-refractivity contribution in [2.75, 3.05) is 0 Å². The number of fused-ring (bicyclic) bond motifs is 1. The maximum absolute atomic E-state index is 9.39. The number of hydrogen-bond acceptors (Lipinski definition) is 2. The van der Waals surface area contributed by atoms with Crippen LogP contribution in [0.2, 0.25) is 0 Å². The molecule has 3 N–H and O–H groups in total. The number of nitrogens with zero attached hydrogens (tertiary/aromatic N) is 1. The van der Waals surface area contributed by atoms with Gasteiger partial charge in [-0.15, -0.1) is 0 Å². The Kier molecular flexibility index (Phi) is 2.17. The summed E-state index contributed by atoms with van der Waals surface area (Å²) in [6.45, 7) is 3.48. The van der Waals surface area contributed by atoms with Gasteiger partial charge in [-0.1, -0.05) is 0 Å². The average Bonchev–Trinajstić information content (AvgIpc) is 2.54. The highest BCUT2D eigenvalue weighted by atomic mass is 16.3. The summed E-state index contributed by atoms with van der Waals surface area (Å²) >= 11 is 0. The predicted octanol–water partition coefficient (Wildman–Crippen LogP) is 1.83. The summed E-state index contributed by atoms with van der Waals surface area (Å²) < 4.78 is 2.12. The Hall–Kier alpha value is -1.48. The molecule has 0 unspecified atom stereocenters. The van der Waals surface area contributed by atoms with E-state index < -0.39 is 0 Å². The molecule has 74 valence electrons. The number of rotatable bonds is 2. The van der Waals surface area contributed by atoms with Gasteiger partial charge in [-0.2, -0.15) is 0 Å². The molecule has 1 aromatic heterocycles. The van der Waals surface area contributed by atoms with Gasteiger partial charge in [0, 0.05) is 30.2 Å². The van der Waals surface area contributed by atoms with Crippen LogP contribution in [0.15, 0.2) is 24.3 Å². The van der Waals surface area contributed by atoms with Crippen LogP contribution in [0.25, 0.3) is 10.9 Å². The molecule has 0 fully saturated rings. The van der Waals surface area contributed by atoms with Crippen molar-refractivity contribution in [3.63, 3.8) is 0 Å². The number of hydrogen-bond donors (Lipinski definition) is 2. The van der Waals surface area contributed by atoms with E-state index in [4.69, 9.17) is 5.73 Å². The zero-order valence-corrected chi connectivity index (χ0v) is 8.20. The first kappa shape index (κ1) is 9.09. The van der Waals surface area contributed by atoms with Crippen LogP contribution in [0, 0.1) is 0 Å². The van der Waals surface area contributed by atoms with E-state index in [9.17, 15) is 5.11 Å². The second-order valence-corrected chi connectivity index (χ2v) is 3.33. The number of phenols is 1. The Bertz CT molecular complexity index is 460. The molecule has 2 aromatic rings. The summed E-state index contributed by atoms with van der Waals surface area (Å²) in [5.41, 5.74) is 7.80. The van der Waals surface area contributed by atoms with Gasteiger partial charge in [0.05, 0.1) is 5.52 Å². The highest BCUT2D eigenvalue weighted by Crippen LogP contribution is 2.23. The highest BCUT2D eigenvalue weighted by Gasteiger charge is 2.06. The molecule has 0 aliphatic rings. The van der Waals surface area contributed by atoms with Crippen LogP contribution in [0.1, 0.15) is 12.6 Å². The van der Waals surface area contributed by atoms with Gasteiger partial charge in [0.25, 0.3) is 0 Å². The average molecular weight is 190 g/mol. The second-order valence-electron chi connectivity index (χ2n) is 3.33. The molecule has 3 heteroatoms. The van der Waals surface area contributed by atoms with E-state index in [2.05, 4.69) is 17.6 Å². The fourth-order valence-electron chi connectivity index (χ4n) is 1.84. The third-order valence-corrected chi connectivity index (χ3v) is 2.50. The van der Waals surface area contributed by atoms with Crippen LogP contribution < -0.4 is 5.73 Å². The van der Waals surface area contributed by atoms with Crippen LogP contribution in [0.3, 0.4) is 0 Å². The van der Waals surface area contributed by atoms with Crippen molar-refractivity contribution < 1.29 is 5.11 Å². The van der Waals surface area contributed by atoms with Crippen LogP contribution >= 0.6 is 0 Å². The van der Waals surface area contributed by atoms with E-state index in [0.717, 1.165) is 23.1 Å². The summed E-state index contributed by atoms with van der Waals surface area (Å²) in [6, 6.07) is 7.45. The Morgan fingerprint density at radius 3 is 2.79 bits per heavy atom. The molecule has 1 heterocycles. The second kappa shape index (κ2) is 3.35. The van der Waals surface area contributed by atoms with E-state index in [1.165, 1.54) is 0 Å². The molecular weight excluding hydrogens is 176 g/mol. The van der Waals surface area contributed by atoms with Crippen molar-refractivity contribution in [1.29, 1.82) is 0 Å². The zero-order valence-electron chi connectivity index (χ0n) is 8.20. The predicted molar refractivity (Wildman–Crippen MR) is 57.2 cm³/mol. The van der Waals surface area contributed by atoms with Crippen LogP contribution in [0.5, 0.6) is 5.75 Å². The number of aromatic nitrogens is 1. The molecule has 0 atom stereocenters. The first-order chi connectivity index (χ1) is 6.76. The Morgan fingerprint density at radius 2 is 2.14 bits per heavy atom. The van der Waals surface area contributed by atoms with E-state index in [-0.39, 0.29) is 0 Å². The molecule has 14 heavy (non-hydrogen) atoms. The number of aromatic hydroxyl groups is 1. The number of nitrogens with two attached hydrogens (primary N) is 1. The fourth-order valence-corrected chi connectivity index (χ4v) is 1.84. The minimum absolute atomic E-state index is 0.300. The van der Waals surface area contributed by atoms with Crippen molar-refractivity contribution in [3.05, 3.63) is 30.0 Å². The van der Waals surface area contributed by atoms with Gasteiger partial charge in [0.15, 0.2) is 0 Å². The quantitative estimate of drug-likeness (QED) is 0.759. The largest absolute Gasteiger partial charge is 0.508 e. The third-order valence-electron chi connectivity index (χ3n) is 2.50. The Morgan fingerprint density at radius 1 is 1.36 bits per heavy atom. The molecule has 2 rings (SSSR count). The summed E-state index contributed by atoms with van der Waals surface area (Å²) in [7, 11) is 0. The van der Waals surface area contributed by atoms with Gasteiger partial charge >= 0.3 is 0 Å². The molecule has 1 aromatic carbocycles. The van der Waals surface area contributed by atoms with Crippen molar-refractivity contribution >= 4 is 10.9 Å². The molecule has 0 aliphatic heterocycles. The molecule has 0 saturated heterocycles. The minimum atomic E-state index is 0.300. The van der Waals surface area contributed by atoms with Gasteiger partial charge in [0.2, 0.25) is 0 Å². The van der Waals surface area contributed by atoms with Crippen molar-refractivity contribution in [2.45, 2.75) is 20.0 Å². The molecule has 0 saturated carbocycles. The molecular formula is C11H14N2O. The molecule has 0 aliphatic carbocycles. The zero-order chi connectivity index (χ0) is 10.1. The van der Waals surface area contributed by atoms with Gasteiger partial charge in [-0.3, -0.25) is 0 Å². The first-order valence-corrected chi connectivity index (χ1v) is 4.77. The maximum atomic E-state index is 9.39. The molecule has 0 radical (unpaired) electrons. The summed E-state index contributed by atoms with van der Waals surface area (Å²) in [6.07, 6.45) is 0. The third kappa shape index (κ3) is 1.26. The van der Waals surface area contributed by atoms with Gasteiger partial charge in [-0.05, 0) is 25.1 Å². The van der Waals surface area contributed by atoms with E-state index in [1.807, 2.05) is 6.07 Å². The lowest BCUT2D eigenvalue weighted by molar-refractivity contribution is 0.476. The summed E-state index contributed by atoms with van der Waals surface area (Å²) in [5.74, 6) is 0.300. The number of phenolic OH excluding ortho intramolecular Hbond substituents is 1. The van der Waals surface area contributed by atoms with E-state index >= 15 is 0 Å². The fraction of sp³-hybridized carbons (Fsp3) is 0.273. The molecule has 3 nitrogen and oxygen atoms in total. The normalized spacial score (nSPS) is 11.0. The standard InChI is InChI=1S/C11H14N2O/c1-2-13-9(7-12)5-8-3-4-10(14)6-11(8)13/h3-6,14H,2,7,12H2,1H3. The summed E-state index contributed by atoms with van der Waals surface area (Å²) in [5, 5.41) is 10.5. The lowest BCUT2D eigenvalue weighted by Crippen LogP contribution is -2.05. The SMILES string of the molecule is CCn1c(CN)cc2ccc(O)cc21. The smallest absolute Gasteiger partial charge is 0.117 e. The van der Waals surface area contributed by atoms with Crippen molar-refractivity contribution in [1.82, 2.24) is 4.57 Å². The lowest BCUT2D eigenvalue weighted by atomic mass is 10.2. The van der Waals surface area contributed by atoms with Crippen molar-refractivity contribution in [2.24, 2.45) is 5.73 Å². The van der Waals surface area contributed by atoms with Gasteiger partial charge in [-0.25, -0.2) is 0 Å². The number of benzene rings is 1. The Balaban J connectivity index is 2.74. The molecule has 0 bridgehead atoms. The van der Waals surface area contributed by atoms with E-state index in [1.54, 1.807) is 12.1 Å². The van der Waals surface area contributed by atoms with Gasteiger partial charge < -0.3 is 15.4 Å². The van der Waals surface area contributed by atoms with E-state index in [0.29, 0.717) is 12.3 Å². The lowest BCUT2D eigenvalue weighted by Gasteiger charge is -2.05. The highest BCUT2D eigenvalue weighted by molar-refractivity contribution is 5.82. The summed E-state index contributed by atoms with van der Waals surface area (Å²) in [4.78, 5) is 0. The minimum Gasteiger partial charge on any atom is -0.508 e. The van der Waals surface area contributed by atoms with Crippen molar-refractivity contribution in [3.8, 4) is 5.75 Å². The van der Waals surface area contributed by atoms with Crippen LogP contribution in [0.4, 0.5) is 0 Å². The van der Waals surface area contributed by atoms with Crippen LogP contribution in [-0.4, -0.2) is 9.67 Å². The Labute approximate surface area is 82.8 Å².